The molecule has 0 spiro atoms. The molecule has 0 bridgehead atoms. The maximum absolute atomic E-state index is 12.7. The molecule has 1 aromatic heterocycles. The van der Waals surface area contributed by atoms with Crippen LogP contribution < -0.4 is 5.73 Å². The van der Waals surface area contributed by atoms with E-state index in [2.05, 4.69) is 37.0 Å². The second-order valence-electron chi connectivity index (χ2n) is 3.40. The van der Waals surface area contributed by atoms with E-state index in [4.69, 9.17) is 10.3 Å². The van der Waals surface area contributed by atoms with Gasteiger partial charge in [-0.1, -0.05) is 21.1 Å². The molecular weight excluding hydrogens is 381 g/mol. The number of aromatic nitrogens is 1. The zero-order chi connectivity index (χ0) is 13.5. The highest BCUT2D eigenvalue weighted by atomic mass is 79.9. The monoisotopic (exact) mass is 384 g/mol. The van der Waals surface area contributed by atoms with E-state index in [-0.39, 0.29) is 21.6 Å². The first-order valence-corrected chi connectivity index (χ1v) is 6.17. The summed E-state index contributed by atoms with van der Waals surface area (Å²) in [6.07, 6.45) is -4.45. The number of halogens is 5. The minimum Gasteiger partial charge on any atom is -0.380 e. The van der Waals surface area contributed by atoms with Crippen molar-refractivity contribution in [3.8, 4) is 11.3 Å². The first-order valence-electron chi connectivity index (χ1n) is 4.58. The van der Waals surface area contributed by atoms with Crippen LogP contribution in [0, 0.1) is 0 Å². The Bertz CT molecular complexity index is 595. The van der Waals surface area contributed by atoms with E-state index >= 15 is 0 Å². The van der Waals surface area contributed by atoms with E-state index < -0.39 is 11.7 Å². The van der Waals surface area contributed by atoms with Crippen LogP contribution in [0.5, 0.6) is 0 Å². The van der Waals surface area contributed by atoms with Gasteiger partial charge in [-0.2, -0.15) is 13.2 Å². The van der Waals surface area contributed by atoms with Gasteiger partial charge in [0.25, 0.3) is 0 Å². The number of anilines is 1. The van der Waals surface area contributed by atoms with Crippen LogP contribution in [-0.4, -0.2) is 5.16 Å². The van der Waals surface area contributed by atoms with Crippen molar-refractivity contribution in [3.05, 3.63) is 32.7 Å². The summed E-state index contributed by atoms with van der Waals surface area (Å²) in [4.78, 5) is 0. The SMILES string of the molecule is Nc1noc(-c2ccc(Br)c(C(F)(F)F)c2)c1Br. The van der Waals surface area contributed by atoms with Crippen molar-refractivity contribution in [2.45, 2.75) is 6.18 Å². The Morgan fingerprint density at radius 2 is 1.89 bits per heavy atom. The van der Waals surface area contributed by atoms with Gasteiger partial charge in [-0.15, -0.1) is 0 Å². The molecule has 0 fully saturated rings. The minimum atomic E-state index is -4.45. The third kappa shape index (κ3) is 2.39. The summed E-state index contributed by atoms with van der Waals surface area (Å²) in [5.74, 6) is 0.243. The number of nitrogens with zero attached hydrogens (tertiary/aromatic N) is 1. The van der Waals surface area contributed by atoms with Crippen LogP contribution in [0.25, 0.3) is 11.3 Å². The van der Waals surface area contributed by atoms with Gasteiger partial charge in [0.15, 0.2) is 11.6 Å². The molecule has 1 heterocycles. The molecule has 0 saturated carbocycles. The lowest BCUT2D eigenvalue weighted by molar-refractivity contribution is -0.138. The molecule has 0 unspecified atom stereocenters. The third-order valence-corrected chi connectivity index (χ3v) is 3.65. The van der Waals surface area contributed by atoms with Gasteiger partial charge in [0.05, 0.1) is 5.56 Å². The van der Waals surface area contributed by atoms with E-state index in [0.717, 1.165) is 6.07 Å². The lowest BCUT2D eigenvalue weighted by Crippen LogP contribution is -2.06. The van der Waals surface area contributed by atoms with Gasteiger partial charge < -0.3 is 10.3 Å². The van der Waals surface area contributed by atoms with Gasteiger partial charge in [0.2, 0.25) is 0 Å². The first kappa shape index (κ1) is 13.4. The standard InChI is InChI=1S/C10H5Br2F3N2O/c11-6-2-1-4(3-5(6)10(13,14)15)8-7(12)9(16)17-18-8/h1-3H,(H2,16,17). The van der Waals surface area contributed by atoms with Crippen molar-refractivity contribution < 1.29 is 17.7 Å². The number of rotatable bonds is 1. The molecule has 0 saturated heterocycles. The molecular formula is C10H5Br2F3N2O. The fourth-order valence-electron chi connectivity index (χ4n) is 1.35. The van der Waals surface area contributed by atoms with Crippen molar-refractivity contribution >= 4 is 37.7 Å². The summed E-state index contributed by atoms with van der Waals surface area (Å²) in [6, 6.07) is 3.74. The van der Waals surface area contributed by atoms with Crippen LogP contribution in [0.1, 0.15) is 5.56 Å². The zero-order valence-corrected chi connectivity index (χ0v) is 11.7. The van der Waals surface area contributed by atoms with E-state index in [9.17, 15) is 13.2 Å². The zero-order valence-electron chi connectivity index (χ0n) is 8.55. The van der Waals surface area contributed by atoms with Crippen molar-refractivity contribution in [1.29, 1.82) is 0 Å². The van der Waals surface area contributed by atoms with Crippen molar-refractivity contribution in [2.75, 3.05) is 5.73 Å². The van der Waals surface area contributed by atoms with Gasteiger partial charge in [-0.3, -0.25) is 0 Å². The van der Waals surface area contributed by atoms with E-state index in [1.807, 2.05) is 0 Å². The molecule has 2 N–H and O–H groups in total. The highest BCUT2D eigenvalue weighted by Crippen LogP contribution is 2.39. The first-order chi connectivity index (χ1) is 8.30. The average Bonchev–Trinajstić information content (AvgIpc) is 2.59. The molecule has 3 nitrogen and oxygen atoms in total. The second-order valence-corrected chi connectivity index (χ2v) is 5.05. The minimum absolute atomic E-state index is 0.0395. The van der Waals surface area contributed by atoms with Crippen LogP contribution in [-0.2, 0) is 6.18 Å². The molecule has 1 aromatic carbocycles. The van der Waals surface area contributed by atoms with Crippen LogP contribution in [0.4, 0.5) is 19.0 Å². The fraction of sp³-hybridized carbons (Fsp3) is 0.100. The van der Waals surface area contributed by atoms with Crippen LogP contribution in [0.15, 0.2) is 31.7 Å². The van der Waals surface area contributed by atoms with Crippen molar-refractivity contribution in [3.63, 3.8) is 0 Å². The number of hydrogen-bond donors (Lipinski definition) is 1. The van der Waals surface area contributed by atoms with Crippen molar-refractivity contribution in [2.24, 2.45) is 0 Å². The van der Waals surface area contributed by atoms with Crippen LogP contribution in [0.3, 0.4) is 0 Å². The highest BCUT2D eigenvalue weighted by Gasteiger charge is 2.33. The molecule has 96 valence electrons. The molecule has 8 heteroatoms. The van der Waals surface area contributed by atoms with Crippen LogP contribution >= 0.6 is 31.9 Å². The Hall–Kier alpha value is -1.02. The summed E-state index contributed by atoms with van der Waals surface area (Å²) in [7, 11) is 0. The molecule has 18 heavy (non-hydrogen) atoms. The number of nitrogens with two attached hydrogens (primary N) is 1. The second kappa shape index (κ2) is 4.58. The maximum atomic E-state index is 12.7. The quantitative estimate of drug-likeness (QED) is 0.787. The number of nitrogen functional groups attached to an aromatic ring is 1. The molecule has 0 aliphatic heterocycles. The molecule has 0 aliphatic rings. The Morgan fingerprint density at radius 1 is 1.22 bits per heavy atom. The molecule has 0 atom stereocenters. The van der Waals surface area contributed by atoms with Gasteiger partial charge in [0, 0.05) is 10.0 Å². The summed E-state index contributed by atoms with van der Waals surface area (Å²) in [5.41, 5.74) is 4.90. The van der Waals surface area contributed by atoms with Gasteiger partial charge in [-0.05, 0) is 34.1 Å². The molecule has 0 aliphatic carbocycles. The Balaban J connectivity index is 2.58. The Kier molecular flexibility index (Phi) is 3.41. The van der Waals surface area contributed by atoms with Crippen molar-refractivity contribution in [1.82, 2.24) is 5.16 Å². The van der Waals surface area contributed by atoms with Gasteiger partial charge in [-0.25, -0.2) is 0 Å². The number of benzene rings is 1. The van der Waals surface area contributed by atoms with Gasteiger partial charge in [0.1, 0.15) is 4.47 Å². The third-order valence-electron chi connectivity index (χ3n) is 2.19. The fourth-order valence-corrected chi connectivity index (χ4v) is 2.20. The smallest absolute Gasteiger partial charge is 0.380 e. The average molecular weight is 386 g/mol. The summed E-state index contributed by atoms with van der Waals surface area (Å²) >= 11 is 5.97. The number of alkyl halides is 3. The predicted octanol–water partition coefficient (Wildman–Crippen LogP) is 4.47. The maximum Gasteiger partial charge on any atom is 0.417 e. The topological polar surface area (TPSA) is 52.0 Å². The van der Waals surface area contributed by atoms with Crippen LogP contribution in [0.2, 0.25) is 0 Å². The summed E-state index contributed by atoms with van der Waals surface area (Å²) < 4.78 is 43.4. The lowest BCUT2D eigenvalue weighted by Gasteiger charge is -2.10. The largest absolute Gasteiger partial charge is 0.417 e. The summed E-state index contributed by atoms with van der Waals surface area (Å²) in [5, 5.41) is 3.47. The lowest BCUT2D eigenvalue weighted by atomic mass is 10.1. The normalized spacial score (nSPS) is 11.8. The molecule has 2 rings (SSSR count). The molecule has 0 radical (unpaired) electrons. The highest BCUT2D eigenvalue weighted by molar-refractivity contribution is 9.11. The summed E-state index contributed by atoms with van der Waals surface area (Å²) in [6.45, 7) is 0. The van der Waals surface area contributed by atoms with E-state index in [1.54, 1.807) is 0 Å². The number of hydrogen-bond acceptors (Lipinski definition) is 3. The molecule has 2 aromatic rings. The Labute approximate surface area is 116 Å². The van der Waals surface area contributed by atoms with E-state index in [0.29, 0.717) is 4.47 Å². The predicted molar refractivity (Wildman–Crippen MR) is 66.8 cm³/mol. The molecule has 0 amide bonds. The van der Waals surface area contributed by atoms with E-state index in [1.165, 1.54) is 12.1 Å². The van der Waals surface area contributed by atoms with Gasteiger partial charge >= 0.3 is 6.18 Å². The Morgan fingerprint density at radius 3 is 2.39 bits per heavy atom.